The van der Waals surface area contributed by atoms with E-state index in [0.717, 1.165) is 35.9 Å². The Balaban J connectivity index is 1.48. The highest BCUT2D eigenvalue weighted by Crippen LogP contribution is 2.35. The van der Waals surface area contributed by atoms with Gasteiger partial charge < -0.3 is 10.2 Å². The minimum atomic E-state index is -0.0931. The first-order chi connectivity index (χ1) is 11.8. The summed E-state index contributed by atoms with van der Waals surface area (Å²) in [5.74, 6) is -0.0931. The Morgan fingerprint density at radius 1 is 1.08 bits per heavy atom. The Kier molecular flexibility index (Phi) is 4.09. The number of benzene rings is 2. The summed E-state index contributed by atoms with van der Waals surface area (Å²) in [5, 5.41) is 6.18. The fraction of sp³-hybridized carbons (Fsp3) is 0.158. The SMILES string of the molecule is O=C(Nc1ccc(C2=CSC3=NCCCN23)cc1)c1ccccc1. The number of hydrogen-bond donors (Lipinski definition) is 1. The molecule has 120 valence electrons. The van der Waals surface area contributed by atoms with Crippen molar-refractivity contribution in [3.05, 3.63) is 71.1 Å². The molecule has 2 aromatic rings. The molecule has 0 aromatic heterocycles. The third kappa shape index (κ3) is 2.95. The van der Waals surface area contributed by atoms with E-state index < -0.39 is 0 Å². The fourth-order valence-electron chi connectivity index (χ4n) is 2.82. The molecule has 0 bridgehead atoms. The van der Waals surface area contributed by atoms with Crippen LogP contribution in [0, 0.1) is 0 Å². The zero-order valence-electron chi connectivity index (χ0n) is 13.1. The molecule has 4 nitrogen and oxygen atoms in total. The summed E-state index contributed by atoms with van der Waals surface area (Å²) in [6.07, 6.45) is 1.09. The Labute approximate surface area is 145 Å². The zero-order valence-corrected chi connectivity index (χ0v) is 13.9. The van der Waals surface area contributed by atoms with Crippen LogP contribution in [0.2, 0.25) is 0 Å². The average Bonchev–Trinajstić information content (AvgIpc) is 3.07. The van der Waals surface area contributed by atoms with E-state index in [9.17, 15) is 4.79 Å². The van der Waals surface area contributed by atoms with Crippen LogP contribution < -0.4 is 5.32 Å². The lowest BCUT2D eigenvalue weighted by molar-refractivity contribution is 0.102. The van der Waals surface area contributed by atoms with Gasteiger partial charge >= 0.3 is 0 Å². The number of carbonyl (C=O) groups is 1. The van der Waals surface area contributed by atoms with Crippen LogP contribution in [0.25, 0.3) is 5.70 Å². The molecule has 0 spiro atoms. The highest BCUT2D eigenvalue weighted by Gasteiger charge is 2.25. The first-order valence-corrected chi connectivity index (χ1v) is 8.85. The summed E-state index contributed by atoms with van der Waals surface area (Å²) in [7, 11) is 0. The Morgan fingerprint density at radius 3 is 2.67 bits per heavy atom. The summed E-state index contributed by atoms with van der Waals surface area (Å²) in [6.45, 7) is 1.94. The van der Waals surface area contributed by atoms with Gasteiger partial charge in [0.1, 0.15) is 0 Å². The summed E-state index contributed by atoms with van der Waals surface area (Å²) in [4.78, 5) is 19.0. The van der Waals surface area contributed by atoms with Gasteiger partial charge in [-0.3, -0.25) is 9.79 Å². The summed E-state index contributed by atoms with van der Waals surface area (Å²) < 4.78 is 0. The Morgan fingerprint density at radius 2 is 1.88 bits per heavy atom. The van der Waals surface area contributed by atoms with Crippen molar-refractivity contribution in [3.63, 3.8) is 0 Å². The van der Waals surface area contributed by atoms with Crippen molar-refractivity contribution in [2.75, 3.05) is 18.4 Å². The number of carbonyl (C=O) groups excluding carboxylic acids is 1. The predicted octanol–water partition coefficient (Wildman–Crippen LogP) is 4.05. The number of amidine groups is 1. The van der Waals surface area contributed by atoms with Crippen molar-refractivity contribution in [1.29, 1.82) is 0 Å². The average molecular weight is 335 g/mol. The summed E-state index contributed by atoms with van der Waals surface area (Å²) >= 11 is 1.69. The van der Waals surface area contributed by atoms with E-state index in [1.807, 2.05) is 54.6 Å². The molecule has 4 rings (SSSR count). The molecular weight excluding hydrogens is 318 g/mol. The molecule has 1 N–H and O–H groups in total. The van der Waals surface area contributed by atoms with E-state index in [-0.39, 0.29) is 5.91 Å². The van der Waals surface area contributed by atoms with E-state index in [1.165, 1.54) is 5.70 Å². The third-order valence-corrected chi connectivity index (χ3v) is 4.96. The van der Waals surface area contributed by atoms with Gasteiger partial charge in [0.25, 0.3) is 5.91 Å². The van der Waals surface area contributed by atoms with Crippen LogP contribution in [0.5, 0.6) is 0 Å². The maximum Gasteiger partial charge on any atom is 0.255 e. The number of nitrogens with one attached hydrogen (secondary N) is 1. The van der Waals surface area contributed by atoms with Crippen molar-refractivity contribution in [1.82, 2.24) is 4.90 Å². The minimum Gasteiger partial charge on any atom is -0.322 e. The van der Waals surface area contributed by atoms with Crippen molar-refractivity contribution in [3.8, 4) is 0 Å². The number of nitrogens with zero attached hydrogens (tertiary/aromatic N) is 2. The molecule has 0 saturated heterocycles. The lowest BCUT2D eigenvalue weighted by atomic mass is 10.1. The topological polar surface area (TPSA) is 44.7 Å². The maximum atomic E-state index is 12.2. The van der Waals surface area contributed by atoms with E-state index in [0.29, 0.717) is 5.56 Å². The van der Waals surface area contributed by atoms with Crippen LogP contribution in [0.15, 0.2) is 65.0 Å². The highest BCUT2D eigenvalue weighted by molar-refractivity contribution is 8.16. The molecule has 2 heterocycles. The second-order valence-electron chi connectivity index (χ2n) is 5.69. The van der Waals surface area contributed by atoms with Crippen LogP contribution in [-0.4, -0.2) is 29.1 Å². The van der Waals surface area contributed by atoms with Gasteiger partial charge in [0.05, 0.1) is 5.70 Å². The molecule has 24 heavy (non-hydrogen) atoms. The lowest BCUT2D eigenvalue weighted by Gasteiger charge is -2.25. The first-order valence-electron chi connectivity index (χ1n) is 7.97. The number of hydrogen-bond acceptors (Lipinski definition) is 4. The van der Waals surface area contributed by atoms with Gasteiger partial charge in [-0.15, -0.1) is 0 Å². The van der Waals surface area contributed by atoms with Crippen molar-refractivity contribution < 1.29 is 4.79 Å². The Hall–Kier alpha value is -2.53. The molecule has 0 fully saturated rings. The molecule has 1 amide bonds. The molecule has 2 aliphatic heterocycles. The van der Waals surface area contributed by atoms with Crippen molar-refractivity contribution in [2.24, 2.45) is 4.99 Å². The van der Waals surface area contributed by atoms with Gasteiger partial charge in [0.2, 0.25) is 0 Å². The first kappa shape index (κ1) is 15.0. The number of rotatable bonds is 3. The van der Waals surface area contributed by atoms with Gasteiger partial charge in [0.15, 0.2) is 5.17 Å². The molecule has 0 aliphatic carbocycles. The van der Waals surface area contributed by atoms with Crippen molar-refractivity contribution in [2.45, 2.75) is 6.42 Å². The van der Waals surface area contributed by atoms with Crippen LogP contribution >= 0.6 is 11.8 Å². The second-order valence-corrected chi connectivity index (χ2v) is 6.52. The van der Waals surface area contributed by atoms with Gasteiger partial charge in [-0.1, -0.05) is 42.1 Å². The normalized spacial score (nSPS) is 16.2. The number of anilines is 1. The van der Waals surface area contributed by atoms with E-state index in [2.05, 4.69) is 20.6 Å². The summed E-state index contributed by atoms with van der Waals surface area (Å²) in [5.41, 5.74) is 3.80. The van der Waals surface area contributed by atoms with Crippen LogP contribution in [0.1, 0.15) is 22.3 Å². The molecular formula is C19H17N3OS. The largest absolute Gasteiger partial charge is 0.322 e. The van der Waals surface area contributed by atoms with E-state index in [4.69, 9.17) is 0 Å². The van der Waals surface area contributed by atoms with Gasteiger partial charge in [-0.05, 0) is 36.2 Å². The third-order valence-electron chi connectivity index (χ3n) is 4.06. The quantitative estimate of drug-likeness (QED) is 0.920. The van der Waals surface area contributed by atoms with Crippen molar-refractivity contribution >= 4 is 34.2 Å². The van der Waals surface area contributed by atoms with Gasteiger partial charge in [-0.2, -0.15) is 0 Å². The van der Waals surface area contributed by atoms with Crippen LogP contribution in [0.4, 0.5) is 5.69 Å². The van der Waals surface area contributed by atoms with Gasteiger partial charge in [0, 0.05) is 29.7 Å². The zero-order chi connectivity index (χ0) is 16.4. The molecule has 0 saturated carbocycles. The smallest absolute Gasteiger partial charge is 0.255 e. The molecule has 2 aliphatic rings. The fourth-order valence-corrected chi connectivity index (χ4v) is 3.79. The van der Waals surface area contributed by atoms with Crippen LogP contribution in [0.3, 0.4) is 0 Å². The van der Waals surface area contributed by atoms with Crippen LogP contribution in [-0.2, 0) is 0 Å². The number of amides is 1. The predicted molar refractivity (Wildman–Crippen MR) is 100 cm³/mol. The summed E-state index contributed by atoms with van der Waals surface area (Å²) in [6, 6.07) is 17.2. The number of aliphatic imine (C=N–C) groups is 1. The maximum absolute atomic E-state index is 12.2. The standard InChI is InChI=1S/C19H17N3OS/c23-18(15-5-2-1-3-6-15)21-16-9-7-14(8-10-16)17-13-24-19-20-11-4-12-22(17)19/h1-3,5-10,13H,4,11-12H2,(H,21,23). The monoisotopic (exact) mass is 335 g/mol. The molecule has 0 atom stereocenters. The molecule has 2 aromatic carbocycles. The minimum absolute atomic E-state index is 0.0931. The number of fused-ring (bicyclic) bond motifs is 1. The highest BCUT2D eigenvalue weighted by atomic mass is 32.2. The lowest BCUT2D eigenvalue weighted by Crippen LogP contribution is -2.28. The molecule has 0 radical (unpaired) electrons. The molecule has 0 unspecified atom stereocenters. The molecule has 5 heteroatoms. The van der Waals surface area contributed by atoms with E-state index >= 15 is 0 Å². The second kappa shape index (κ2) is 6.53. The van der Waals surface area contributed by atoms with E-state index in [1.54, 1.807) is 11.8 Å². The Bertz CT molecular complexity index is 812. The van der Waals surface area contributed by atoms with Gasteiger partial charge in [-0.25, -0.2) is 0 Å². The number of thioether (sulfide) groups is 1.